The lowest BCUT2D eigenvalue weighted by Crippen LogP contribution is -2.51. The molecule has 2 N–H and O–H groups in total. The van der Waals surface area contributed by atoms with Gasteiger partial charge < -0.3 is 10.6 Å². The Labute approximate surface area is 121 Å². The van der Waals surface area contributed by atoms with Crippen molar-refractivity contribution in [3.8, 4) is 0 Å². The second-order valence-corrected chi connectivity index (χ2v) is 6.86. The zero-order valence-electron chi connectivity index (χ0n) is 12.2. The van der Waals surface area contributed by atoms with Crippen molar-refractivity contribution >= 4 is 11.4 Å². The molecule has 2 bridgehead atoms. The van der Waals surface area contributed by atoms with Crippen LogP contribution in [-0.4, -0.2) is 37.1 Å². The Balaban J connectivity index is 1.37. The van der Waals surface area contributed by atoms with Crippen LogP contribution >= 0.6 is 0 Å². The Morgan fingerprint density at radius 1 is 0.900 bits per heavy atom. The number of nitrogen functional groups attached to an aromatic ring is 1. The third-order valence-electron chi connectivity index (χ3n) is 5.74. The van der Waals surface area contributed by atoms with Crippen molar-refractivity contribution in [2.45, 2.75) is 31.7 Å². The number of nitrogens with zero attached hydrogens (tertiary/aromatic N) is 2. The molecule has 0 radical (unpaired) electrons. The highest BCUT2D eigenvalue weighted by atomic mass is 15.3. The summed E-state index contributed by atoms with van der Waals surface area (Å²) in [7, 11) is 0. The fourth-order valence-electron chi connectivity index (χ4n) is 4.66. The summed E-state index contributed by atoms with van der Waals surface area (Å²) in [5.41, 5.74) is 7.95. The lowest BCUT2D eigenvalue weighted by atomic mass is 9.93. The van der Waals surface area contributed by atoms with Crippen molar-refractivity contribution in [2.75, 3.05) is 36.8 Å². The second kappa shape index (κ2) is 4.96. The zero-order valence-corrected chi connectivity index (χ0v) is 12.2. The summed E-state index contributed by atoms with van der Waals surface area (Å²) in [6.07, 6.45) is 6.00. The van der Waals surface area contributed by atoms with E-state index in [1.807, 2.05) is 12.1 Å². The average molecular weight is 271 g/mol. The SMILES string of the molecule is Nc1ccc(N2CCN(C3C[C@H]4CC[C@H]3C4)CC2)cc1. The summed E-state index contributed by atoms with van der Waals surface area (Å²) in [6, 6.07) is 9.24. The molecule has 0 spiro atoms. The summed E-state index contributed by atoms with van der Waals surface area (Å²) in [6.45, 7) is 4.80. The van der Waals surface area contributed by atoms with E-state index in [1.165, 1.54) is 44.5 Å². The molecular formula is C17H25N3. The summed E-state index contributed by atoms with van der Waals surface area (Å²) in [4.78, 5) is 5.28. The molecule has 0 amide bonds. The summed E-state index contributed by atoms with van der Waals surface area (Å²) < 4.78 is 0. The Bertz CT molecular complexity index is 462. The molecule has 0 aromatic heterocycles. The number of benzene rings is 1. The Morgan fingerprint density at radius 3 is 2.25 bits per heavy atom. The molecule has 3 fully saturated rings. The first kappa shape index (κ1) is 12.5. The first-order valence-corrected chi connectivity index (χ1v) is 8.14. The van der Waals surface area contributed by atoms with E-state index in [2.05, 4.69) is 21.9 Å². The maximum Gasteiger partial charge on any atom is 0.0368 e. The average Bonchev–Trinajstić information content (AvgIpc) is 3.11. The number of rotatable bonds is 2. The van der Waals surface area contributed by atoms with Gasteiger partial charge in [0.15, 0.2) is 0 Å². The smallest absolute Gasteiger partial charge is 0.0368 e. The van der Waals surface area contributed by atoms with E-state index < -0.39 is 0 Å². The van der Waals surface area contributed by atoms with Gasteiger partial charge in [0.1, 0.15) is 0 Å². The van der Waals surface area contributed by atoms with Crippen molar-refractivity contribution in [3.05, 3.63) is 24.3 Å². The summed E-state index contributed by atoms with van der Waals surface area (Å²) in [5, 5.41) is 0. The largest absolute Gasteiger partial charge is 0.399 e. The van der Waals surface area contributed by atoms with Gasteiger partial charge in [0.25, 0.3) is 0 Å². The van der Waals surface area contributed by atoms with E-state index in [4.69, 9.17) is 5.73 Å². The van der Waals surface area contributed by atoms with Gasteiger partial charge in [-0.15, -0.1) is 0 Å². The number of fused-ring (bicyclic) bond motifs is 2. The van der Waals surface area contributed by atoms with Crippen LogP contribution in [0.25, 0.3) is 0 Å². The van der Waals surface area contributed by atoms with Gasteiger partial charge in [-0.25, -0.2) is 0 Å². The van der Waals surface area contributed by atoms with Gasteiger partial charge in [-0.1, -0.05) is 6.42 Å². The first-order chi connectivity index (χ1) is 9.79. The number of piperazine rings is 1. The molecule has 20 heavy (non-hydrogen) atoms. The van der Waals surface area contributed by atoms with Gasteiger partial charge in [-0.3, -0.25) is 4.90 Å². The molecule has 1 heterocycles. The highest BCUT2D eigenvalue weighted by Gasteiger charge is 2.42. The van der Waals surface area contributed by atoms with E-state index in [0.29, 0.717) is 0 Å². The molecule has 2 aliphatic carbocycles. The monoisotopic (exact) mass is 271 g/mol. The normalized spacial score (nSPS) is 33.8. The fourth-order valence-corrected chi connectivity index (χ4v) is 4.66. The molecule has 108 valence electrons. The Hall–Kier alpha value is -1.22. The van der Waals surface area contributed by atoms with Gasteiger partial charge in [0.05, 0.1) is 0 Å². The molecule has 1 saturated heterocycles. The number of hydrogen-bond acceptors (Lipinski definition) is 3. The zero-order chi connectivity index (χ0) is 13.5. The van der Waals surface area contributed by atoms with E-state index in [1.54, 1.807) is 0 Å². The van der Waals surface area contributed by atoms with Crippen LogP contribution in [0.1, 0.15) is 25.7 Å². The van der Waals surface area contributed by atoms with Crippen molar-refractivity contribution in [1.82, 2.24) is 4.90 Å². The van der Waals surface area contributed by atoms with Gasteiger partial charge in [0, 0.05) is 43.6 Å². The molecule has 1 aliphatic heterocycles. The maximum atomic E-state index is 5.77. The number of anilines is 2. The standard InChI is InChI=1S/C17H25N3/c18-15-3-5-16(6-4-15)19-7-9-20(10-8-19)17-12-13-1-2-14(17)11-13/h3-6,13-14,17H,1-2,7-12,18H2/t13-,14-,17?/m0/s1. The minimum atomic E-state index is 0.856. The molecule has 3 aliphatic rings. The number of hydrogen-bond donors (Lipinski definition) is 1. The lowest BCUT2D eigenvalue weighted by Gasteiger charge is -2.41. The summed E-state index contributed by atoms with van der Waals surface area (Å²) in [5.74, 6) is 2.07. The molecule has 4 rings (SSSR count). The van der Waals surface area contributed by atoms with E-state index in [9.17, 15) is 0 Å². The molecule has 1 aromatic carbocycles. The van der Waals surface area contributed by atoms with Crippen molar-refractivity contribution < 1.29 is 0 Å². The number of nitrogens with two attached hydrogens (primary N) is 1. The van der Waals surface area contributed by atoms with Crippen LogP contribution < -0.4 is 10.6 Å². The molecule has 1 unspecified atom stereocenters. The predicted molar refractivity (Wildman–Crippen MR) is 83.9 cm³/mol. The van der Waals surface area contributed by atoms with Crippen LogP contribution in [0.5, 0.6) is 0 Å². The first-order valence-electron chi connectivity index (χ1n) is 8.14. The molecule has 3 nitrogen and oxygen atoms in total. The summed E-state index contributed by atoms with van der Waals surface area (Å²) >= 11 is 0. The predicted octanol–water partition coefficient (Wildman–Crippen LogP) is 2.58. The van der Waals surface area contributed by atoms with Gasteiger partial charge in [-0.2, -0.15) is 0 Å². The molecule has 3 heteroatoms. The molecule has 3 atom stereocenters. The minimum absolute atomic E-state index is 0.856. The molecule has 2 saturated carbocycles. The van der Waals surface area contributed by atoms with E-state index in [-0.39, 0.29) is 0 Å². The van der Waals surface area contributed by atoms with Gasteiger partial charge in [0.2, 0.25) is 0 Å². The van der Waals surface area contributed by atoms with Crippen LogP contribution in [-0.2, 0) is 0 Å². The van der Waals surface area contributed by atoms with Crippen LogP contribution in [0.15, 0.2) is 24.3 Å². The highest BCUT2D eigenvalue weighted by Crippen LogP contribution is 2.46. The van der Waals surface area contributed by atoms with Gasteiger partial charge in [-0.05, 0) is 55.4 Å². The molecule has 1 aromatic rings. The van der Waals surface area contributed by atoms with Crippen molar-refractivity contribution in [2.24, 2.45) is 11.8 Å². The van der Waals surface area contributed by atoms with Crippen LogP contribution in [0.3, 0.4) is 0 Å². The Morgan fingerprint density at radius 2 is 1.65 bits per heavy atom. The fraction of sp³-hybridized carbons (Fsp3) is 0.647. The van der Waals surface area contributed by atoms with Crippen LogP contribution in [0.4, 0.5) is 11.4 Å². The topological polar surface area (TPSA) is 32.5 Å². The van der Waals surface area contributed by atoms with E-state index in [0.717, 1.165) is 36.7 Å². The van der Waals surface area contributed by atoms with Crippen LogP contribution in [0.2, 0.25) is 0 Å². The van der Waals surface area contributed by atoms with E-state index >= 15 is 0 Å². The molecular weight excluding hydrogens is 246 g/mol. The van der Waals surface area contributed by atoms with Crippen molar-refractivity contribution in [3.63, 3.8) is 0 Å². The van der Waals surface area contributed by atoms with Gasteiger partial charge >= 0.3 is 0 Å². The third kappa shape index (κ3) is 2.18. The lowest BCUT2D eigenvalue weighted by molar-refractivity contribution is 0.135. The van der Waals surface area contributed by atoms with Crippen molar-refractivity contribution in [1.29, 1.82) is 0 Å². The quantitative estimate of drug-likeness (QED) is 0.839. The third-order valence-corrected chi connectivity index (χ3v) is 5.74. The minimum Gasteiger partial charge on any atom is -0.399 e. The van der Waals surface area contributed by atoms with Crippen LogP contribution in [0, 0.1) is 11.8 Å². The highest BCUT2D eigenvalue weighted by molar-refractivity contribution is 5.53. The maximum absolute atomic E-state index is 5.77. The second-order valence-electron chi connectivity index (χ2n) is 6.86. The Kier molecular flexibility index (Phi) is 3.10.